The van der Waals surface area contributed by atoms with Gasteiger partial charge in [-0.05, 0) is 0 Å². The van der Waals surface area contributed by atoms with Gasteiger partial charge in [0.2, 0.25) is 0 Å². The second kappa shape index (κ2) is 10.3. The van der Waals surface area contributed by atoms with E-state index in [2.05, 4.69) is 11.5 Å². The number of primary amides is 2. The Kier molecular flexibility index (Phi) is 18.0. The number of rotatable bonds is 0. The van der Waals surface area contributed by atoms with Crippen molar-refractivity contribution in [1.82, 2.24) is 0 Å². The summed E-state index contributed by atoms with van der Waals surface area (Å²) >= 11 is 0. The molecule has 0 aliphatic carbocycles. The van der Waals surface area contributed by atoms with Crippen molar-refractivity contribution >= 4 is 12.0 Å². The van der Waals surface area contributed by atoms with Crippen molar-refractivity contribution in [1.29, 1.82) is 0 Å². The predicted molar refractivity (Wildman–Crippen MR) is 27.1 cm³/mol. The molecule has 9 heavy (non-hydrogen) atoms. The van der Waals surface area contributed by atoms with Crippen LogP contribution in [-0.2, 0) is 21.9 Å². The molecule has 0 aromatic heterocycles. The zero-order chi connectivity index (χ0) is 7.15. The standard InChI is InChI=1S/C2H4O2.CH4N2O.Cu/c1-2(3)4;2-1(3)4;/h1H3,(H,3,4);(H4,2,3,4);. The Bertz CT molecular complexity index is 75.1. The number of aliphatic carboxylic acids is 1. The van der Waals surface area contributed by atoms with Crippen LogP contribution in [0.5, 0.6) is 0 Å². The summed E-state index contributed by atoms with van der Waals surface area (Å²) in [6.45, 7) is 1.08. The predicted octanol–water partition coefficient (Wildman–Crippen LogP) is -0.888. The minimum Gasteiger partial charge on any atom is -0.481 e. The Labute approximate surface area is 62.9 Å². The van der Waals surface area contributed by atoms with Crippen LogP contribution in [0.1, 0.15) is 6.92 Å². The molecule has 0 aliphatic rings. The van der Waals surface area contributed by atoms with E-state index in [1.807, 2.05) is 0 Å². The molecule has 0 aromatic rings. The average molecular weight is 184 g/mol. The van der Waals surface area contributed by atoms with Gasteiger partial charge in [0.1, 0.15) is 0 Å². The quantitative estimate of drug-likeness (QED) is 0.424. The molecule has 0 saturated heterocycles. The molecule has 0 aliphatic heterocycles. The van der Waals surface area contributed by atoms with Crippen molar-refractivity contribution in [3.8, 4) is 0 Å². The van der Waals surface area contributed by atoms with Crippen LogP contribution in [0.25, 0.3) is 0 Å². The Morgan fingerprint density at radius 1 is 1.33 bits per heavy atom. The summed E-state index contributed by atoms with van der Waals surface area (Å²) in [4.78, 5) is 18.0. The molecule has 59 valence electrons. The van der Waals surface area contributed by atoms with Crippen molar-refractivity contribution in [3.05, 3.63) is 0 Å². The Morgan fingerprint density at radius 3 is 1.33 bits per heavy atom. The zero-order valence-corrected chi connectivity index (χ0v) is 5.66. The van der Waals surface area contributed by atoms with E-state index in [9.17, 15) is 0 Å². The van der Waals surface area contributed by atoms with Gasteiger partial charge in [-0.25, -0.2) is 4.79 Å². The van der Waals surface area contributed by atoms with Crippen LogP contribution in [-0.4, -0.2) is 17.1 Å². The summed E-state index contributed by atoms with van der Waals surface area (Å²) in [6.07, 6.45) is 0. The maximum atomic E-state index is 9.00. The molecule has 0 heterocycles. The van der Waals surface area contributed by atoms with Crippen LogP contribution in [0.4, 0.5) is 4.79 Å². The van der Waals surface area contributed by atoms with Crippen LogP contribution < -0.4 is 11.5 Å². The van der Waals surface area contributed by atoms with E-state index in [0.717, 1.165) is 6.92 Å². The molecule has 0 saturated carbocycles. The largest absolute Gasteiger partial charge is 0.481 e. The number of hydrogen-bond acceptors (Lipinski definition) is 2. The molecule has 5 nitrogen and oxygen atoms in total. The minimum absolute atomic E-state index is 0. The first-order valence-electron chi connectivity index (χ1n) is 1.71. The summed E-state index contributed by atoms with van der Waals surface area (Å²) in [7, 11) is 0. The van der Waals surface area contributed by atoms with Crippen molar-refractivity contribution in [3.63, 3.8) is 0 Å². The van der Waals surface area contributed by atoms with Gasteiger partial charge >= 0.3 is 6.03 Å². The van der Waals surface area contributed by atoms with Crippen LogP contribution in [0, 0.1) is 0 Å². The number of amides is 2. The Hall–Kier alpha value is -0.741. The molecular formula is C3H8CuN2O3. The van der Waals surface area contributed by atoms with Gasteiger partial charge in [0.05, 0.1) is 0 Å². The van der Waals surface area contributed by atoms with E-state index in [1.54, 1.807) is 0 Å². The normalized spacial score (nSPS) is 5.44. The van der Waals surface area contributed by atoms with Gasteiger partial charge in [-0.3, -0.25) is 4.79 Å². The van der Waals surface area contributed by atoms with Crippen LogP contribution in [0.2, 0.25) is 0 Å². The van der Waals surface area contributed by atoms with Gasteiger partial charge in [-0.1, -0.05) is 0 Å². The third-order valence-electron chi connectivity index (χ3n) is 0. The summed E-state index contributed by atoms with van der Waals surface area (Å²) in [5.74, 6) is -0.833. The molecule has 1 radical (unpaired) electrons. The van der Waals surface area contributed by atoms with Crippen molar-refractivity contribution in [2.75, 3.05) is 0 Å². The fourth-order valence-electron chi connectivity index (χ4n) is 0. The summed E-state index contributed by atoms with van der Waals surface area (Å²) in [5.41, 5.74) is 8.50. The third-order valence-corrected chi connectivity index (χ3v) is 0. The van der Waals surface area contributed by atoms with Gasteiger partial charge in [0, 0.05) is 24.0 Å². The third kappa shape index (κ3) is 366. The molecule has 2 amide bonds. The van der Waals surface area contributed by atoms with E-state index >= 15 is 0 Å². The maximum Gasteiger partial charge on any atom is 0.309 e. The van der Waals surface area contributed by atoms with Gasteiger partial charge in [-0.2, -0.15) is 0 Å². The average Bonchev–Trinajstić information content (AvgIpc) is 1.25. The van der Waals surface area contributed by atoms with Gasteiger partial charge in [0.15, 0.2) is 0 Å². The number of urea groups is 1. The van der Waals surface area contributed by atoms with Crippen molar-refractivity contribution in [2.24, 2.45) is 11.5 Å². The van der Waals surface area contributed by atoms with E-state index in [0.29, 0.717) is 0 Å². The molecule has 0 spiro atoms. The first-order chi connectivity index (χ1) is 3.46. The van der Waals surface area contributed by atoms with Gasteiger partial charge in [-0.15, -0.1) is 0 Å². The zero-order valence-electron chi connectivity index (χ0n) is 4.72. The molecule has 0 bridgehead atoms. The first-order valence-corrected chi connectivity index (χ1v) is 1.71. The van der Waals surface area contributed by atoms with E-state index in [4.69, 9.17) is 14.7 Å². The number of carboxylic acids is 1. The summed E-state index contributed by atoms with van der Waals surface area (Å²) in [6, 6.07) is -0.833. The fourth-order valence-corrected chi connectivity index (χ4v) is 0. The molecule has 0 unspecified atom stereocenters. The van der Waals surface area contributed by atoms with Crippen molar-refractivity contribution in [2.45, 2.75) is 6.92 Å². The molecule has 0 fully saturated rings. The van der Waals surface area contributed by atoms with Crippen LogP contribution >= 0.6 is 0 Å². The Morgan fingerprint density at radius 2 is 1.33 bits per heavy atom. The second-order valence-corrected chi connectivity index (χ2v) is 0.921. The number of carboxylic acid groups (broad SMARTS) is 1. The van der Waals surface area contributed by atoms with Gasteiger partial charge in [0.25, 0.3) is 5.97 Å². The molecule has 0 atom stereocenters. The number of hydrogen-bond donors (Lipinski definition) is 3. The number of nitrogens with two attached hydrogens (primary N) is 2. The van der Waals surface area contributed by atoms with Crippen LogP contribution in [0.15, 0.2) is 0 Å². The maximum absolute atomic E-state index is 9.00. The SMILES string of the molecule is CC(=O)O.NC(N)=O.[Cu]. The van der Waals surface area contributed by atoms with E-state index in [-0.39, 0.29) is 17.1 Å². The molecule has 0 rings (SSSR count). The minimum atomic E-state index is -0.833. The second-order valence-electron chi connectivity index (χ2n) is 0.921. The molecular weight excluding hydrogens is 176 g/mol. The first kappa shape index (κ1) is 15.7. The molecule has 0 aromatic carbocycles. The summed E-state index contributed by atoms with van der Waals surface area (Å²) < 4.78 is 0. The molecule has 5 N–H and O–H groups in total. The smallest absolute Gasteiger partial charge is 0.309 e. The number of carbonyl (C=O) groups excluding carboxylic acids is 1. The monoisotopic (exact) mass is 183 g/mol. The van der Waals surface area contributed by atoms with Crippen molar-refractivity contribution < 1.29 is 31.8 Å². The van der Waals surface area contributed by atoms with E-state index in [1.165, 1.54) is 0 Å². The fraction of sp³-hybridized carbons (Fsp3) is 0.333. The Balaban J connectivity index is -0.0000000720. The number of carbonyl (C=O) groups is 2. The topological polar surface area (TPSA) is 106 Å². The molecule has 6 heteroatoms. The van der Waals surface area contributed by atoms with Gasteiger partial charge < -0.3 is 16.6 Å². The van der Waals surface area contributed by atoms with Crippen LogP contribution in [0.3, 0.4) is 0 Å². The summed E-state index contributed by atoms with van der Waals surface area (Å²) in [5, 5.41) is 7.42. The van der Waals surface area contributed by atoms with E-state index < -0.39 is 12.0 Å².